The number of aliphatic hydroxyl groups excluding tert-OH is 6. The Bertz CT molecular complexity index is 1040. The summed E-state index contributed by atoms with van der Waals surface area (Å²) in [7, 11) is 4.30. The molecule has 7 unspecified atom stereocenters. The zero-order valence-electron chi connectivity index (χ0n) is 22.4. The summed E-state index contributed by atoms with van der Waals surface area (Å²) in [5, 5.41) is 60.5. The van der Waals surface area contributed by atoms with Gasteiger partial charge >= 0.3 is 0 Å². The summed E-state index contributed by atoms with van der Waals surface area (Å²) in [5.41, 5.74) is 1.18. The molecule has 1 heterocycles. The number of benzene rings is 2. The lowest BCUT2D eigenvalue weighted by Crippen LogP contribution is -2.58. The van der Waals surface area contributed by atoms with Crippen LogP contribution in [0.5, 0.6) is 28.7 Å². The Kier molecular flexibility index (Phi) is 11.0. The van der Waals surface area contributed by atoms with Crippen LogP contribution in [0.15, 0.2) is 30.3 Å². The van der Waals surface area contributed by atoms with Crippen LogP contribution in [0.25, 0.3) is 0 Å². The molecular formula is C27H38O12. The molecule has 0 aromatic heterocycles. The predicted octanol–water partition coefficient (Wildman–Crippen LogP) is 0.317. The van der Waals surface area contributed by atoms with Gasteiger partial charge in [-0.25, -0.2) is 0 Å². The largest absolute Gasteiger partial charge is 0.493 e. The molecule has 0 spiro atoms. The average Bonchev–Trinajstić information content (AvgIpc) is 2.95. The first-order valence-corrected chi connectivity index (χ1v) is 12.5. The van der Waals surface area contributed by atoms with E-state index in [0.717, 1.165) is 5.56 Å². The van der Waals surface area contributed by atoms with Gasteiger partial charge in [-0.2, -0.15) is 0 Å². The summed E-state index contributed by atoms with van der Waals surface area (Å²) < 4.78 is 33.5. The van der Waals surface area contributed by atoms with E-state index in [1.54, 1.807) is 12.1 Å². The van der Waals surface area contributed by atoms with Gasteiger partial charge in [0.15, 0.2) is 29.1 Å². The predicted molar refractivity (Wildman–Crippen MR) is 137 cm³/mol. The monoisotopic (exact) mass is 554 g/mol. The summed E-state index contributed by atoms with van der Waals surface area (Å²) in [6.45, 7) is 1.02. The van der Waals surface area contributed by atoms with Crippen molar-refractivity contribution in [2.45, 2.75) is 62.7 Å². The van der Waals surface area contributed by atoms with Gasteiger partial charge < -0.3 is 59.1 Å². The van der Waals surface area contributed by atoms with Gasteiger partial charge in [-0.1, -0.05) is 6.07 Å². The SMILES string of the molecule is COc1cc(C(O)C(CO)Oc2c(OC)cc(CCCO)cc2OC)ccc1OC1OC(C)C(O)C(O)C1O. The van der Waals surface area contributed by atoms with E-state index < -0.39 is 49.5 Å². The third-order valence-corrected chi connectivity index (χ3v) is 6.53. The number of rotatable bonds is 13. The Labute approximate surface area is 226 Å². The third-order valence-electron chi connectivity index (χ3n) is 6.53. The molecule has 0 bridgehead atoms. The minimum atomic E-state index is -1.52. The van der Waals surface area contributed by atoms with Gasteiger partial charge in [-0.3, -0.25) is 0 Å². The molecule has 1 aliphatic rings. The number of aryl methyl sites for hydroxylation is 1. The van der Waals surface area contributed by atoms with Gasteiger partial charge in [0.05, 0.1) is 34.0 Å². The van der Waals surface area contributed by atoms with Gasteiger partial charge in [0.2, 0.25) is 12.0 Å². The fourth-order valence-electron chi connectivity index (χ4n) is 4.25. The highest BCUT2D eigenvalue weighted by molar-refractivity contribution is 5.54. The molecule has 0 aliphatic carbocycles. The van der Waals surface area contributed by atoms with Crippen LogP contribution >= 0.6 is 0 Å². The minimum absolute atomic E-state index is 0.0351. The van der Waals surface area contributed by atoms with Crippen molar-refractivity contribution >= 4 is 0 Å². The van der Waals surface area contributed by atoms with Crippen LogP contribution in [0.4, 0.5) is 0 Å². The lowest BCUT2D eigenvalue weighted by molar-refractivity contribution is -0.268. The Hall–Kier alpha value is -2.84. The van der Waals surface area contributed by atoms with Gasteiger partial charge in [-0.15, -0.1) is 0 Å². The highest BCUT2D eigenvalue weighted by Gasteiger charge is 2.43. The zero-order valence-corrected chi connectivity index (χ0v) is 22.4. The van der Waals surface area contributed by atoms with Crippen molar-refractivity contribution in [3.8, 4) is 28.7 Å². The number of ether oxygens (including phenoxy) is 6. The number of hydrogen-bond acceptors (Lipinski definition) is 12. The molecule has 1 fully saturated rings. The molecule has 12 nitrogen and oxygen atoms in total. The van der Waals surface area contributed by atoms with E-state index in [9.17, 15) is 25.5 Å². The molecule has 2 aromatic carbocycles. The lowest BCUT2D eigenvalue weighted by atomic mass is 10.00. The Balaban J connectivity index is 1.82. The molecule has 2 aromatic rings. The van der Waals surface area contributed by atoms with E-state index >= 15 is 0 Å². The van der Waals surface area contributed by atoms with Crippen molar-refractivity contribution in [2.24, 2.45) is 0 Å². The smallest absolute Gasteiger partial charge is 0.229 e. The molecule has 6 N–H and O–H groups in total. The molecule has 1 aliphatic heterocycles. The van der Waals surface area contributed by atoms with Crippen LogP contribution < -0.4 is 23.7 Å². The molecule has 39 heavy (non-hydrogen) atoms. The number of hydrogen-bond donors (Lipinski definition) is 6. The first-order chi connectivity index (χ1) is 18.7. The van der Waals surface area contributed by atoms with E-state index in [2.05, 4.69) is 0 Å². The van der Waals surface area contributed by atoms with Crippen molar-refractivity contribution in [1.82, 2.24) is 0 Å². The van der Waals surface area contributed by atoms with E-state index in [4.69, 9.17) is 33.5 Å². The van der Waals surface area contributed by atoms with Crippen molar-refractivity contribution in [2.75, 3.05) is 34.5 Å². The summed E-state index contributed by atoms with van der Waals surface area (Å²) in [5.74, 6) is 1.19. The van der Waals surface area contributed by atoms with Crippen molar-refractivity contribution < 1.29 is 59.1 Å². The second-order valence-corrected chi connectivity index (χ2v) is 9.15. The number of aliphatic hydroxyl groups is 6. The molecule has 0 amide bonds. The van der Waals surface area contributed by atoms with Crippen LogP contribution in [0.1, 0.15) is 30.6 Å². The minimum Gasteiger partial charge on any atom is -0.493 e. The van der Waals surface area contributed by atoms with E-state index in [-0.39, 0.29) is 23.9 Å². The molecule has 218 valence electrons. The molecule has 1 saturated heterocycles. The van der Waals surface area contributed by atoms with Crippen LogP contribution in [-0.2, 0) is 11.2 Å². The fraction of sp³-hybridized carbons (Fsp3) is 0.556. The second kappa shape index (κ2) is 14.0. The van der Waals surface area contributed by atoms with Crippen molar-refractivity contribution in [1.29, 1.82) is 0 Å². The lowest BCUT2D eigenvalue weighted by Gasteiger charge is -2.39. The van der Waals surface area contributed by atoms with E-state index in [0.29, 0.717) is 29.9 Å². The van der Waals surface area contributed by atoms with Crippen LogP contribution in [0, 0.1) is 0 Å². The number of methoxy groups -OCH3 is 3. The van der Waals surface area contributed by atoms with Gasteiger partial charge in [0, 0.05) is 6.61 Å². The topological polar surface area (TPSA) is 177 Å². The van der Waals surface area contributed by atoms with E-state index in [1.807, 2.05) is 0 Å². The molecule has 7 atom stereocenters. The van der Waals surface area contributed by atoms with Crippen LogP contribution in [-0.4, -0.2) is 102 Å². The average molecular weight is 555 g/mol. The highest BCUT2D eigenvalue weighted by atomic mass is 16.7. The van der Waals surface area contributed by atoms with Crippen molar-refractivity contribution in [3.05, 3.63) is 41.5 Å². The summed E-state index contributed by atoms with van der Waals surface area (Å²) in [6.07, 6.45) is -7.64. The Morgan fingerprint density at radius 1 is 0.846 bits per heavy atom. The molecule has 0 saturated carbocycles. The van der Waals surface area contributed by atoms with Crippen LogP contribution in [0.2, 0.25) is 0 Å². The zero-order chi connectivity index (χ0) is 28.7. The summed E-state index contributed by atoms with van der Waals surface area (Å²) in [4.78, 5) is 0. The first kappa shape index (κ1) is 30.7. The second-order valence-electron chi connectivity index (χ2n) is 9.15. The maximum Gasteiger partial charge on any atom is 0.229 e. The third kappa shape index (κ3) is 7.03. The molecule has 3 rings (SSSR count). The van der Waals surface area contributed by atoms with Gasteiger partial charge in [-0.05, 0) is 55.2 Å². The molecule has 12 heteroatoms. The maximum absolute atomic E-state index is 11.1. The quantitative estimate of drug-likeness (QED) is 0.200. The van der Waals surface area contributed by atoms with E-state index in [1.165, 1.54) is 46.5 Å². The van der Waals surface area contributed by atoms with Gasteiger partial charge in [0.1, 0.15) is 24.4 Å². The van der Waals surface area contributed by atoms with Gasteiger partial charge in [0.25, 0.3) is 0 Å². The Morgan fingerprint density at radius 3 is 2.05 bits per heavy atom. The summed E-state index contributed by atoms with van der Waals surface area (Å²) in [6, 6.07) is 7.94. The molecule has 0 radical (unpaired) electrons. The first-order valence-electron chi connectivity index (χ1n) is 12.5. The fourth-order valence-corrected chi connectivity index (χ4v) is 4.25. The van der Waals surface area contributed by atoms with Crippen molar-refractivity contribution in [3.63, 3.8) is 0 Å². The highest BCUT2D eigenvalue weighted by Crippen LogP contribution is 2.41. The Morgan fingerprint density at radius 2 is 1.49 bits per heavy atom. The molecular weight excluding hydrogens is 516 g/mol. The normalized spacial score (nSPS) is 24.5. The standard InChI is InChI=1S/C27H38O12/c1-14-22(30)24(32)25(33)27(37-14)39-17-8-7-16(12-18(17)34-2)23(31)21(13-29)38-26-19(35-3)10-15(6-5-9-28)11-20(26)36-4/h7-8,10-12,14,21-25,27-33H,5-6,9,13H2,1-4H3. The summed E-state index contributed by atoms with van der Waals surface area (Å²) >= 11 is 0. The maximum atomic E-state index is 11.1. The van der Waals surface area contributed by atoms with Crippen LogP contribution in [0.3, 0.4) is 0 Å².